The Bertz CT molecular complexity index is 880. The van der Waals surface area contributed by atoms with Crippen molar-refractivity contribution < 1.29 is 23.9 Å². The van der Waals surface area contributed by atoms with Crippen molar-refractivity contribution in [3.8, 4) is 5.75 Å². The predicted molar refractivity (Wildman–Crippen MR) is 99.9 cm³/mol. The zero-order valence-electron chi connectivity index (χ0n) is 15.1. The summed E-state index contributed by atoms with van der Waals surface area (Å²) in [5.74, 6) is -0.426. The molecule has 0 saturated heterocycles. The monoisotopic (exact) mass is 368 g/mol. The number of benzene rings is 2. The highest BCUT2D eigenvalue weighted by atomic mass is 16.5. The van der Waals surface area contributed by atoms with Crippen LogP contribution in [0, 0.1) is 0 Å². The van der Waals surface area contributed by atoms with Crippen LogP contribution in [0.2, 0.25) is 0 Å². The quantitative estimate of drug-likeness (QED) is 0.820. The van der Waals surface area contributed by atoms with E-state index in [0.717, 1.165) is 0 Å². The van der Waals surface area contributed by atoms with Crippen LogP contribution in [0.3, 0.4) is 0 Å². The molecule has 0 radical (unpaired) electrons. The summed E-state index contributed by atoms with van der Waals surface area (Å²) in [4.78, 5) is 38.2. The van der Waals surface area contributed by atoms with Gasteiger partial charge < -0.3 is 19.7 Å². The molecule has 0 bridgehead atoms. The molecule has 140 valence electrons. The molecular formula is C20H20N2O5. The second-order valence-corrected chi connectivity index (χ2v) is 6.05. The highest BCUT2D eigenvalue weighted by Gasteiger charge is 2.31. The lowest BCUT2D eigenvalue weighted by atomic mass is 10.1. The van der Waals surface area contributed by atoms with E-state index < -0.39 is 12.1 Å². The Morgan fingerprint density at radius 1 is 1.15 bits per heavy atom. The molecule has 1 aliphatic rings. The van der Waals surface area contributed by atoms with E-state index in [1.165, 1.54) is 7.11 Å². The minimum Gasteiger partial charge on any atom is -0.479 e. The van der Waals surface area contributed by atoms with Gasteiger partial charge in [0.2, 0.25) is 5.91 Å². The topological polar surface area (TPSA) is 84.9 Å². The van der Waals surface area contributed by atoms with Crippen LogP contribution in [-0.4, -0.2) is 37.5 Å². The molecule has 0 aromatic heterocycles. The van der Waals surface area contributed by atoms with Crippen LogP contribution in [0.15, 0.2) is 48.5 Å². The fourth-order valence-corrected chi connectivity index (χ4v) is 2.90. The van der Waals surface area contributed by atoms with Crippen molar-refractivity contribution in [2.24, 2.45) is 0 Å². The zero-order chi connectivity index (χ0) is 19.4. The van der Waals surface area contributed by atoms with Crippen LogP contribution < -0.4 is 15.0 Å². The van der Waals surface area contributed by atoms with Gasteiger partial charge in [-0.05, 0) is 31.2 Å². The molecule has 1 aliphatic heterocycles. The molecule has 1 N–H and O–H groups in total. The summed E-state index contributed by atoms with van der Waals surface area (Å²) in [6.07, 6.45) is -0.537. The van der Waals surface area contributed by atoms with E-state index >= 15 is 0 Å². The molecule has 0 saturated carbocycles. The predicted octanol–water partition coefficient (Wildman–Crippen LogP) is 2.62. The fourth-order valence-electron chi connectivity index (χ4n) is 2.90. The summed E-state index contributed by atoms with van der Waals surface area (Å²) < 4.78 is 10.3. The lowest BCUT2D eigenvalue weighted by molar-refractivity contribution is -0.125. The molecule has 7 nitrogen and oxygen atoms in total. The number of carbonyl (C=O) groups excluding carboxylic acids is 3. The number of esters is 1. The summed E-state index contributed by atoms with van der Waals surface area (Å²) >= 11 is 0. The Balaban J connectivity index is 1.70. The average Bonchev–Trinajstić information content (AvgIpc) is 2.68. The number of nitrogens with zero attached hydrogens (tertiary/aromatic N) is 1. The van der Waals surface area contributed by atoms with Gasteiger partial charge in [-0.25, -0.2) is 4.79 Å². The Kier molecular flexibility index (Phi) is 5.40. The van der Waals surface area contributed by atoms with Crippen LogP contribution in [0.5, 0.6) is 5.75 Å². The van der Waals surface area contributed by atoms with Crippen molar-refractivity contribution in [1.82, 2.24) is 0 Å². The number of methoxy groups -OCH3 is 1. The molecule has 2 amide bonds. The first-order valence-electron chi connectivity index (χ1n) is 8.55. The minimum absolute atomic E-state index is 0.0717. The van der Waals surface area contributed by atoms with E-state index in [-0.39, 0.29) is 30.3 Å². The van der Waals surface area contributed by atoms with Crippen molar-refractivity contribution in [3.05, 3.63) is 54.1 Å². The molecule has 7 heteroatoms. The Morgan fingerprint density at radius 2 is 1.85 bits per heavy atom. The van der Waals surface area contributed by atoms with Crippen molar-refractivity contribution in [1.29, 1.82) is 0 Å². The first-order chi connectivity index (χ1) is 13.0. The number of para-hydroxylation sites is 3. The molecule has 2 aromatic rings. The van der Waals surface area contributed by atoms with Gasteiger partial charge in [0.15, 0.2) is 6.10 Å². The fraction of sp³-hybridized carbons (Fsp3) is 0.250. The number of ether oxygens (including phenoxy) is 2. The number of nitrogens with one attached hydrogen (secondary N) is 1. The van der Waals surface area contributed by atoms with E-state index in [9.17, 15) is 14.4 Å². The molecule has 1 atom stereocenters. The maximum atomic E-state index is 12.4. The standard InChI is InChI=1S/C20H20N2O5/c1-13-19(24)22(16-9-5-6-10-17(16)27-13)12-11-18(23)21-15-8-4-3-7-14(15)20(25)26-2/h3-10,13H,11-12H2,1-2H3,(H,21,23)/t13-/m0/s1. The van der Waals surface area contributed by atoms with E-state index in [0.29, 0.717) is 17.1 Å². The largest absolute Gasteiger partial charge is 0.479 e. The molecule has 1 heterocycles. The zero-order valence-corrected chi connectivity index (χ0v) is 15.1. The second kappa shape index (κ2) is 7.90. The molecule has 27 heavy (non-hydrogen) atoms. The third kappa shape index (κ3) is 3.92. The smallest absolute Gasteiger partial charge is 0.339 e. The number of carbonyl (C=O) groups is 3. The van der Waals surface area contributed by atoms with Crippen LogP contribution in [-0.2, 0) is 14.3 Å². The van der Waals surface area contributed by atoms with E-state index in [1.54, 1.807) is 48.2 Å². The van der Waals surface area contributed by atoms with Crippen LogP contribution in [0.25, 0.3) is 0 Å². The summed E-state index contributed by atoms with van der Waals surface area (Å²) in [5, 5.41) is 2.71. The Morgan fingerprint density at radius 3 is 2.63 bits per heavy atom. The molecule has 0 unspecified atom stereocenters. The lowest BCUT2D eigenvalue weighted by Gasteiger charge is -2.32. The molecule has 0 spiro atoms. The molecule has 2 aromatic carbocycles. The third-order valence-electron chi connectivity index (χ3n) is 4.24. The van der Waals surface area contributed by atoms with Crippen molar-refractivity contribution in [3.63, 3.8) is 0 Å². The first kappa shape index (κ1) is 18.4. The lowest BCUT2D eigenvalue weighted by Crippen LogP contribution is -2.45. The number of fused-ring (bicyclic) bond motifs is 1. The van der Waals surface area contributed by atoms with Gasteiger partial charge in [-0.2, -0.15) is 0 Å². The number of anilines is 2. The summed E-state index contributed by atoms with van der Waals surface area (Å²) in [5.41, 5.74) is 1.29. The van der Waals surface area contributed by atoms with Gasteiger partial charge in [-0.15, -0.1) is 0 Å². The molecular weight excluding hydrogens is 348 g/mol. The normalized spacial score (nSPS) is 15.6. The first-order valence-corrected chi connectivity index (χ1v) is 8.55. The van der Waals surface area contributed by atoms with Gasteiger partial charge in [-0.3, -0.25) is 9.59 Å². The van der Waals surface area contributed by atoms with E-state index in [1.807, 2.05) is 12.1 Å². The van der Waals surface area contributed by atoms with Gasteiger partial charge in [0.1, 0.15) is 5.75 Å². The molecule has 0 aliphatic carbocycles. The number of hydrogen-bond acceptors (Lipinski definition) is 5. The van der Waals surface area contributed by atoms with E-state index in [4.69, 9.17) is 9.47 Å². The van der Waals surface area contributed by atoms with Gasteiger partial charge in [0, 0.05) is 13.0 Å². The maximum absolute atomic E-state index is 12.4. The van der Waals surface area contributed by atoms with Crippen molar-refractivity contribution in [2.75, 3.05) is 23.9 Å². The summed E-state index contributed by atoms with van der Waals surface area (Å²) in [7, 11) is 1.28. The van der Waals surface area contributed by atoms with Gasteiger partial charge in [0.25, 0.3) is 5.91 Å². The minimum atomic E-state index is -0.608. The molecule has 0 fully saturated rings. The summed E-state index contributed by atoms with van der Waals surface area (Å²) in [6.45, 7) is 1.88. The average molecular weight is 368 g/mol. The third-order valence-corrected chi connectivity index (χ3v) is 4.24. The van der Waals surface area contributed by atoms with Crippen LogP contribution in [0.1, 0.15) is 23.7 Å². The Labute approximate surface area is 156 Å². The number of rotatable bonds is 5. The van der Waals surface area contributed by atoms with Crippen molar-refractivity contribution in [2.45, 2.75) is 19.4 Å². The van der Waals surface area contributed by atoms with Gasteiger partial charge >= 0.3 is 5.97 Å². The highest BCUT2D eigenvalue weighted by molar-refractivity contribution is 6.03. The Hall–Kier alpha value is -3.35. The second-order valence-electron chi connectivity index (χ2n) is 6.05. The van der Waals surface area contributed by atoms with Crippen molar-refractivity contribution >= 4 is 29.2 Å². The number of amides is 2. The summed E-state index contributed by atoms with van der Waals surface area (Å²) in [6, 6.07) is 13.8. The van der Waals surface area contributed by atoms with Gasteiger partial charge in [0.05, 0.1) is 24.0 Å². The highest BCUT2D eigenvalue weighted by Crippen LogP contribution is 2.33. The van der Waals surface area contributed by atoms with E-state index in [2.05, 4.69) is 5.32 Å². The number of hydrogen-bond donors (Lipinski definition) is 1. The maximum Gasteiger partial charge on any atom is 0.339 e. The van der Waals surface area contributed by atoms with Crippen LogP contribution in [0.4, 0.5) is 11.4 Å². The van der Waals surface area contributed by atoms with Crippen LogP contribution >= 0.6 is 0 Å². The molecule has 3 rings (SSSR count). The SMILES string of the molecule is COC(=O)c1ccccc1NC(=O)CCN1C(=O)[C@H](C)Oc2ccccc21. The van der Waals surface area contributed by atoms with Gasteiger partial charge in [-0.1, -0.05) is 24.3 Å².